The smallest absolute Gasteiger partial charge is 0.190 e. The van der Waals surface area contributed by atoms with Crippen LogP contribution in [-0.2, 0) is 0 Å². The van der Waals surface area contributed by atoms with E-state index < -0.39 is 0 Å². The van der Waals surface area contributed by atoms with Gasteiger partial charge in [-0.1, -0.05) is 79.8 Å². The van der Waals surface area contributed by atoms with Gasteiger partial charge in [-0.25, -0.2) is 0 Å². The first-order chi connectivity index (χ1) is 23.5. The van der Waals surface area contributed by atoms with E-state index in [4.69, 9.17) is 0 Å². The molecule has 9 unspecified atom stereocenters. The van der Waals surface area contributed by atoms with Crippen LogP contribution in [0.25, 0.3) is 0 Å². The van der Waals surface area contributed by atoms with Crippen LogP contribution in [0.3, 0.4) is 0 Å². The van der Waals surface area contributed by atoms with E-state index >= 15 is 0 Å². The van der Waals surface area contributed by atoms with Crippen molar-refractivity contribution in [3.8, 4) is 0 Å². The number of rotatable bonds is 3. The highest BCUT2D eigenvalue weighted by Gasteiger charge is 2.70. The number of hydrogen-bond donors (Lipinski definition) is 0. The molecule has 9 atom stereocenters. The Morgan fingerprint density at radius 2 is 1.77 bits per heavy atom. The van der Waals surface area contributed by atoms with Gasteiger partial charge in [-0.05, 0) is 139 Å². The fraction of sp³-hybridized carbons (Fsp3) is 0.727. The normalized spacial score (nSPS) is 42.6. The highest BCUT2D eigenvalue weighted by molar-refractivity contribution is 8.00. The van der Waals surface area contributed by atoms with E-state index in [1.165, 1.54) is 116 Å². The summed E-state index contributed by atoms with van der Waals surface area (Å²) in [7, 11) is 0. The van der Waals surface area contributed by atoms with Gasteiger partial charge in [0.05, 0.1) is 5.37 Å². The standard InChI is InChI=1S/C44H61BN2S/c1-29-26-36-42(48-29)46(37-21-12-11-20-33(37)31-18-9-5-10-19-31)38-22-15-23-39-40(38)45(36)35-28-32(30-16-7-4-8-17-30)27-34-41(35)47(39)43(2,3)44(34)24-13-6-14-25-44/h4-5,7,9,18,20,28-30,34,36-40,42H,6,8,10-17,19,21-27H2,1-3H3. The Bertz CT molecular complexity index is 1500. The molecular formula is C44H61BN2S. The average Bonchev–Trinajstić information content (AvgIpc) is 3.60. The molecule has 0 aromatic heterocycles. The molecule has 48 heavy (non-hydrogen) atoms. The Balaban J connectivity index is 1.14. The van der Waals surface area contributed by atoms with Crippen LogP contribution in [0.5, 0.6) is 0 Å². The van der Waals surface area contributed by atoms with Gasteiger partial charge in [-0.3, -0.25) is 4.90 Å². The van der Waals surface area contributed by atoms with E-state index in [1.807, 2.05) is 16.7 Å². The van der Waals surface area contributed by atoms with Crippen molar-refractivity contribution in [2.45, 2.75) is 182 Å². The summed E-state index contributed by atoms with van der Waals surface area (Å²) in [5.41, 5.74) is 9.81. The van der Waals surface area contributed by atoms with Crippen LogP contribution >= 0.6 is 11.8 Å². The van der Waals surface area contributed by atoms with E-state index in [-0.39, 0.29) is 5.54 Å². The maximum atomic E-state index is 3.28. The van der Waals surface area contributed by atoms with Gasteiger partial charge in [0.2, 0.25) is 0 Å². The minimum Gasteiger partial charge on any atom is -0.367 e. The van der Waals surface area contributed by atoms with Crippen LogP contribution < -0.4 is 0 Å². The third-order valence-corrected chi connectivity index (χ3v) is 17.8. The molecule has 6 aliphatic carbocycles. The van der Waals surface area contributed by atoms with Gasteiger partial charge < -0.3 is 4.90 Å². The number of allylic oxidation sites excluding steroid dienone is 10. The summed E-state index contributed by atoms with van der Waals surface area (Å²) in [4.78, 5) is 6.52. The van der Waals surface area contributed by atoms with Gasteiger partial charge in [-0.15, -0.1) is 11.8 Å². The van der Waals surface area contributed by atoms with Crippen molar-refractivity contribution < 1.29 is 0 Å². The molecule has 3 saturated heterocycles. The van der Waals surface area contributed by atoms with Crippen molar-refractivity contribution >= 4 is 18.5 Å². The number of hydrogen-bond acceptors (Lipinski definition) is 3. The zero-order valence-electron chi connectivity index (χ0n) is 30.3. The van der Waals surface area contributed by atoms with Crippen molar-refractivity contribution in [2.24, 2.45) is 17.3 Å². The molecular weight excluding hydrogens is 599 g/mol. The van der Waals surface area contributed by atoms with Crippen LogP contribution in [0.1, 0.15) is 136 Å². The van der Waals surface area contributed by atoms with Gasteiger partial charge in [0.15, 0.2) is 6.71 Å². The van der Waals surface area contributed by atoms with Crippen molar-refractivity contribution in [3.05, 3.63) is 70.4 Å². The van der Waals surface area contributed by atoms with Crippen molar-refractivity contribution in [1.82, 2.24) is 9.80 Å². The third-order valence-electron chi connectivity index (χ3n) is 16.3. The highest BCUT2D eigenvalue weighted by Crippen LogP contribution is 2.71. The summed E-state index contributed by atoms with van der Waals surface area (Å²) in [6, 6.07) is 2.08. The number of nitrogens with zero attached hydrogens (tertiary/aromatic N) is 2. The van der Waals surface area contributed by atoms with Crippen molar-refractivity contribution in [1.29, 1.82) is 0 Å². The molecule has 10 aliphatic rings. The zero-order chi connectivity index (χ0) is 32.2. The number of fused-ring (bicyclic) bond motifs is 5. The first kappa shape index (κ1) is 31.4. The molecule has 10 rings (SSSR count). The molecule has 0 amide bonds. The molecule has 4 aliphatic heterocycles. The minimum atomic E-state index is 0.250. The second-order valence-corrected chi connectivity index (χ2v) is 20.1. The molecule has 5 fully saturated rings. The predicted molar refractivity (Wildman–Crippen MR) is 205 cm³/mol. The lowest BCUT2D eigenvalue weighted by atomic mass is 9.23. The van der Waals surface area contributed by atoms with Gasteiger partial charge in [0, 0.05) is 45.9 Å². The first-order valence-corrected chi connectivity index (χ1v) is 21.8. The lowest BCUT2D eigenvalue weighted by Gasteiger charge is -2.64. The summed E-state index contributed by atoms with van der Waals surface area (Å²) >= 11 is 2.41. The van der Waals surface area contributed by atoms with E-state index in [2.05, 4.69) is 84.9 Å². The summed E-state index contributed by atoms with van der Waals surface area (Å²) in [5, 5.41) is 1.46. The molecule has 0 N–H and O–H groups in total. The summed E-state index contributed by atoms with van der Waals surface area (Å²) in [6.45, 7) is 8.88. The first-order valence-electron chi connectivity index (χ1n) is 20.9. The van der Waals surface area contributed by atoms with Gasteiger partial charge in [-0.2, -0.15) is 0 Å². The molecule has 0 aromatic rings. The SMILES string of the molecule is CC1CC2B3C4=C5C(CC(C6CC=CCC6)=C4)C4(CCCCC4)C(C)(C)N5C4CCCC(C34)N(C3CCCC=C3C3=CC=CCC3)C2S1. The molecule has 0 aromatic carbocycles. The van der Waals surface area contributed by atoms with Gasteiger partial charge >= 0.3 is 0 Å². The summed E-state index contributed by atoms with van der Waals surface area (Å²) in [6.07, 6.45) is 42.7. The minimum absolute atomic E-state index is 0.250. The monoisotopic (exact) mass is 660 g/mol. The molecule has 1 spiro atoms. The predicted octanol–water partition coefficient (Wildman–Crippen LogP) is 11.2. The maximum absolute atomic E-state index is 3.28. The van der Waals surface area contributed by atoms with E-state index in [1.54, 1.807) is 11.1 Å². The lowest BCUT2D eigenvalue weighted by Crippen LogP contribution is -2.69. The Kier molecular flexibility index (Phi) is 7.73. The maximum Gasteiger partial charge on any atom is 0.190 e. The Morgan fingerprint density at radius 3 is 2.58 bits per heavy atom. The van der Waals surface area contributed by atoms with E-state index in [9.17, 15) is 0 Å². The Labute approximate surface area is 297 Å². The van der Waals surface area contributed by atoms with Crippen molar-refractivity contribution in [3.63, 3.8) is 0 Å². The molecule has 4 heterocycles. The van der Waals surface area contributed by atoms with Crippen LogP contribution in [0, 0.1) is 17.3 Å². The van der Waals surface area contributed by atoms with Gasteiger partial charge in [0.1, 0.15) is 0 Å². The van der Waals surface area contributed by atoms with E-state index in [0.29, 0.717) is 16.8 Å². The molecule has 2 nitrogen and oxygen atoms in total. The topological polar surface area (TPSA) is 6.48 Å². The van der Waals surface area contributed by atoms with Crippen LogP contribution in [0.2, 0.25) is 11.6 Å². The largest absolute Gasteiger partial charge is 0.367 e. The highest BCUT2D eigenvalue weighted by atomic mass is 32.2. The average molecular weight is 661 g/mol. The van der Waals surface area contributed by atoms with Crippen LogP contribution in [0.15, 0.2) is 70.4 Å². The molecule has 2 saturated carbocycles. The molecule has 4 heteroatoms. The number of thioether (sulfide) groups is 1. The molecule has 0 bridgehead atoms. The Morgan fingerprint density at radius 1 is 0.896 bits per heavy atom. The van der Waals surface area contributed by atoms with Crippen LogP contribution in [0.4, 0.5) is 0 Å². The third kappa shape index (κ3) is 4.42. The fourth-order valence-electron chi connectivity index (χ4n) is 14.5. The fourth-order valence-corrected chi connectivity index (χ4v) is 16.2. The van der Waals surface area contributed by atoms with Gasteiger partial charge in [0.25, 0.3) is 0 Å². The van der Waals surface area contributed by atoms with E-state index in [0.717, 1.165) is 47.5 Å². The van der Waals surface area contributed by atoms with Crippen LogP contribution in [-0.4, -0.2) is 50.8 Å². The molecule has 256 valence electrons. The second kappa shape index (κ2) is 11.8. The summed E-state index contributed by atoms with van der Waals surface area (Å²) < 4.78 is 0. The second-order valence-electron chi connectivity index (χ2n) is 18.6. The quantitative estimate of drug-likeness (QED) is 0.220. The molecule has 0 radical (unpaired) electrons. The lowest BCUT2D eigenvalue weighted by molar-refractivity contribution is -0.0230. The summed E-state index contributed by atoms with van der Waals surface area (Å²) in [5.74, 6) is 3.13. The Hall–Kier alpha value is -1.39. The zero-order valence-corrected chi connectivity index (χ0v) is 31.2. The van der Waals surface area contributed by atoms with Crippen molar-refractivity contribution in [2.75, 3.05) is 0 Å².